The molecule has 0 heterocycles. The van der Waals surface area contributed by atoms with Crippen LogP contribution < -0.4 is 0 Å². The maximum absolute atomic E-state index is 12.6. The number of hydrogen-bond acceptors (Lipinski definition) is 2. The van der Waals surface area contributed by atoms with Crippen LogP contribution in [0.15, 0.2) is 47.6 Å². The van der Waals surface area contributed by atoms with E-state index in [1.54, 1.807) is 0 Å². The Labute approximate surface area is 267 Å². The van der Waals surface area contributed by atoms with E-state index in [0.29, 0.717) is 23.7 Å². The standard InChI is InChI=1S/C40H60O4/c1-25-12-9-13-29(30(25)24-32-28(4)16-19-34-38(32,6)21-11-23-40(34,8)36(43)44)26(2)14-17-31-27(3)15-18-33-37(31,5)20-10-22-39(33,7)35(41)42/h12,14,29-34H,3-4,9-11,13,15-24H2,1-2,5-8H3,(H,41,42)(H,43,44)/b26-14+/t29-,30-,31+,32+,33-,34-,37-,38-,39-,40-/m1/s1. The fourth-order valence-electron chi connectivity index (χ4n) is 12.0. The molecule has 0 aromatic carbocycles. The minimum Gasteiger partial charge on any atom is -0.481 e. The average molecular weight is 605 g/mol. The van der Waals surface area contributed by atoms with Crippen LogP contribution in [-0.4, -0.2) is 22.2 Å². The van der Waals surface area contributed by atoms with Crippen LogP contribution in [0.4, 0.5) is 0 Å². The maximum atomic E-state index is 12.6. The number of carbonyl (C=O) groups is 2. The Hall–Kier alpha value is -2.10. The first-order valence-corrected chi connectivity index (χ1v) is 17.7. The van der Waals surface area contributed by atoms with Gasteiger partial charge >= 0.3 is 11.9 Å². The second kappa shape index (κ2) is 11.9. The van der Waals surface area contributed by atoms with E-state index in [0.717, 1.165) is 89.9 Å². The predicted molar refractivity (Wildman–Crippen MR) is 179 cm³/mol. The minimum atomic E-state index is -0.648. The van der Waals surface area contributed by atoms with E-state index in [2.05, 4.69) is 53.0 Å². The van der Waals surface area contributed by atoms with Gasteiger partial charge in [-0.1, -0.05) is 74.3 Å². The fourth-order valence-corrected chi connectivity index (χ4v) is 12.0. The summed E-state index contributed by atoms with van der Waals surface area (Å²) in [6, 6.07) is 0. The van der Waals surface area contributed by atoms with Gasteiger partial charge in [-0.15, -0.1) is 0 Å². The maximum Gasteiger partial charge on any atom is 0.309 e. The molecule has 5 rings (SSSR count). The van der Waals surface area contributed by atoms with E-state index < -0.39 is 22.8 Å². The molecule has 4 heteroatoms. The van der Waals surface area contributed by atoms with E-state index in [1.165, 1.54) is 22.3 Å². The summed E-state index contributed by atoms with van der Waals surface area (Å²) in [6.07, 6.45) is 18.7. The molecule has 0 aromatic heterocycles. The zero-order chi connectivity index (χ0) is 32.2. The van der Waals surface area contributed by atoms with Gasteiger partial charge in [0.25, 0.3) is 0 Å². The van der Waals surface area contributed by atoms with Gasteiger partial charge in [-0.05, 0) is 151 Å². The van der Waals surface area contributed by atoms with Crippen LogP contribution in [0.2, 0.25) is 0 Å². The number of fused-ring (bicyclic) bond motifs is 2. The Morgan fingerprint density at radius 2 is 1.34 bits per heavy atom. The van der Waals surface area contributed by atoms with E-state index in [4.69, 9.17) is 0 Å². The lowest BCUT2D eigenvalue weighted by Crippen LogP contribution is -2.53. The normalized spacial score (nSPS) is 44.8. The quantitative estimate of drug-likeness (QED) is 0.284. The largest absolute Gasteiger partial charge is 0.481 e. The highest BCUT2D eigenvalue weighted by atomic mass is 16.4. The Morgan fingerprint density at radius 3 is 1.86 bits per heavy atom. The second-order valence-corrected chi connectivity index (χ2v) is 16.9. The number of aliphatic carboxylic acids is 2. The third-order valence-corrected chi connectivity index (χ3v) is 14.8. The summed E-state index contributed by atoms with van der Waals surface area (Å²) in [5, 5.41) is 20.6. The van der Waals surface area contributed by atoms with Crippen molar-refractivity contribution >= 4 is 11.9 Å². The molecule has 44 heavy (non-hydrogen) atoms. The minimum absolute atomic E-state index is 0.0260. The topological polar surface area (TPSA) is 74.6 Å². The molecule has 0 aliphatic heterocycles. The van der Waals surface area contributed by atoms with Crippen molar-refractivity contribution in [3.63, 3.8) is 0 Å². The van der Waals surface area contributed by atoms with Crippen LogP contribution in [0.25, 0.3) is 0 Å². The van der Waals surface area contributed by atoms with Crippen molar-refractivity contribution < 1.29 is 19.8 Å². The Bertz CT molecular complexity index is 1260. The highest BCUT2D eigenvalue weighted by molar-refractivity contribution is 5.75. The van der Waals surface area contributed by atoms with E-state index in [-0.39, 0.29) is 22.7 Å². The second-order valence-electron chi connectivity index (χ2n) is 16.9. The molecule has 0 amide bonds. The molecule has 0 unspecified atom stereocenters. The molecule has 0 radical (unpaired) electrons. The van der Waals surface area contributed by atoms with Gasteiger partial charge < -0.3 is 10.2 Å². The van der Waals surface area contributed by atoms with Crippen molar-refractivity contribution in [1.29, 1.82) is 0 Å². The van der Waals surface area contributed by atoms with Crippen LogP contribution in [0.1, 0.15) is 131 Å². The van der Waals surface area contributed by atoms with Crippen molar-refractivity contribution in [2.24, 2.45) is 57.2 Å². The molecule has 4 nitrogen and oxygen atoms in total. The van der Waals surface area contributed by atoms with Crippen LogP contribution in [0.3, 0.4) is 0 Å². The highest BCUT2D eigenvalue weighted by Crippen LogP contribution is 2.64. The third kappa shape index (κ3) is 5.28. The fraction of sp³-hybridized carbons (Fsp3) is 0.750. The molecule has 0 saturated heterocycles. The summed E-state index contributed by atoms with van der Waals surface area (Å²) in [4.78, 5) is 25.1. The Balaban J connectivity index is 1.39. The van der Waals surface area contributed by atoms with Gasteiger partial charge in [0.2, 0.25) is 0 Å². The number of rotatable bonds is 7. The van der Waals surface area contributed by atoms with Crippen molar-refractivity contribution in [1.82, 2.24) is 0 Å². The smallest absolute Gasteiger partial charge is 0.309 e. The molecular formula is C40H60O4. The van der Waals surface area contributed by atoms with Crippen molar-refractivity contribution in [3.05, 3.63) is 47.6 Å². The lowest BCUT2D eigenvalue weighted by Gasteiger charge is -2.58. The predicted octanol–water partition coefficient (Wildman–Crippen LogP) is 10.4. The van der Waals surface area contributed by atoms with Gasteiger partial charge in [0, 0.05) is 0 Å². The molecule has 2 N–H and O–H groups in total. The first kappa shape index (κ1) is 33.3. The van der Waals surface area contributed by atoms with E-state index in [1.807, 2.05) is 13.8 Å². The van der Waals surface area contributed by atoms with Gasteiger partial charge in [0.15, 0.2) is 0 Å². The van der Waals surface area contributed by atoms with Gasteiger partial charge in [0.05, 0.1) is 10.8 Å². The summed E-state index contributed by atoms with van der Waals surface area (Å²) in [6.45, 7) is 22.6. The summed E-state index contributed by atoms with van der Waals surface area (Å²) in [5.41, 5.74) is 4.27. The summed E-state index contributed by atoms with van der Waals surface area (Å²) >= 11 is 0. The van der Waals surface area contributed by atoms with E-state index in [9.17, 15) is 19.8 Å². The third-order valence-electron chi connectivity index (χ3n) is 14.8. The van der Waals surface area contributed by atoms with Crippen LogP contribution in [0.5, 0.6) is 0 Å². The molecule has 0 spiro atoms. The van der Waals surface area contributed by atoms with Crippen LogP contribution in [-0.2, 0) is 9.59 Å². The number of allylic oxidation sites excluding steroid dienone is 6. The molecule has 5 aliphatic rings. The molecule has 244 valence electrons. The molecule has 10 atom stereocenters. The van der Waals surface area contributed by atoms with Gasteiger partial charge in [-0.25, -0.2) is 0 Å². The first-order chi connectivity index (χ1) is 20.6. The number of carboxylic acid groups (broad SMARTS) is 2. The van der Waals surface area contributed by atoms with Gasteiger partial charge in [-0.3, -0.25) is 9.59 Å². The summed E-state index contributed by atoms with van der Waals surface area (Å²) in [5.74, 6) is 0.722. The molecular weight excluding hydrogens is 544 g/mol. The van der Waals surface area contributed by atoms with Crippen LogP contribution in [0, 0.1) is 57.2 Å². The Morgan fingerprint density at radius 1 is 0.841 bits per heavy atom. The molecule has 4 fully saturated rings. The van der Waals surface area contributed by atoms with E-state index >= 15 is 0 Å². The average Bonchev–Trinajstić information content (AvgIpc) is 2.94. The summed E-state index contributed by atoms with van der Waals surface area (Å²) in [7, 11) is 0. The first-order valence-electron chi connectivity index (χ1n) is 17.7. The molecule has 5 aliphatic carbocycles. The number of carboxylic acids is 2. The van der Waals surface area contributed by atoms with Gasteiger partial charge in [0.1, 0.15) is 0 Å². The van der Waals surface area contributed by atoms with Gasteiger partial charge in [-0.2, -0.15) is 0 Å². The highest BCUT2D eigenvalue weighted by Gasteiger charge is 2.59. The SMILES string of the molecule is C=C1CC[C@@H]2[C@](C)(CCC[C@@]2(C)C(=O)O)[C@H]1C/C=C(\C)[C@H]1CCC=C(C)[C@H]1C[C@H]1C(=C)CC[C@@H]2[C@]1(C)CCC[C@@]2(C)C(=O)O. The monoisotopic (exact) mass is 604 g/mol. The zero-order valence-electron chi connectivity index (χ0n) is 28.6. The zero-order valence-corrected chi connectivity index (χ0v) is 28.6. The Kier molecular flexibility index (Phi) is 9.01. The van der Waals surface area contributed by atoms with Crippen molar-refractivity contribution in [2.45, 2.75) is 131 Å². The van der Waals surface area contributed by atoms with Crippen LogP contribution >= 0.6 is 0 Å². The molecule has 4 saturated carbocycles. The van der Waals surface area contributed by atoms with Crippen molar-refractivity contribution in [2.75, 3.05) is 0 Å². The molecule has 0 bridgehead atoms. The van der Waals surface area contributed by atoms with Crippen molar-refractivity contribution in [3.8, 4) is 0 Å². The lowest BCUT2D eigenvalue weighted by molar-refractivity contribution is -0.165. The number of hydrogen-bond donors (Lipinski definition) is 2. The lowest BCUT2D eigenvalue weighted by atomic mass is 9.46. The molecule has 0 aromatic rings. The summed E-state index contributed by atoms with van der Waals surface area (Å²) < 4.78 is 0.